The van der Waals surface area contributed by atoms with Gasteiger partial charge in [0.05, 0.1) is 11.6 Å². The lowest BCUT2D eigenvalue weighted by atomic mass is 9.97. The van der Waals surface area contributed by atoms with Crippen LogP contribution in [0.2, 0.25) is 0 Å². The number of nitrogens with zero attached hydrogens (tertiary/aromatic N) is 1. The molecule has 0 spiro atoms. The maximum Gasteiger partial charge on any atom is 0.216 e. The number of ether oxygens (including phenoxy) is 1. The first-order valence-electron chi connectivity index (χ1n) is 5.51. The topological polar surface area (TPSA) is 41.8 Å². The first-order valence-corrected chi connectivity index (χ1v) is 5.51. The maximum absolute atomic E-state index is 9.83. The smallest absolute Gasteiger partial charge is 0.216 e. The lowest BCUT2D eigenvalue weighted by Gasteiger charge is -2.17. The van der Waals surface area contributed by atoms with E-state index in [0.717, 1.165) is 11.1 Å². The molecule has 1 heterocycles. The van der Waals surface area contributed by atoms with Crippen molar-refractivity contribution >= 4 is 5.90 Å². The highest BCUT2D eigenvalue weighted by atomic mass is 16.5. The molecule has 1 unspecified atom stereocenters. The van der Waals surface area contributed by atoms with E-state index in [1.54, 1.807) is 13.8 Å². The van der Waals surface area contributed by atoms with Crippen molar-refractivity contribution in [1.82, 2.24) is 0 Å². The van der Waals surface area contributed by atoms with E-state index in [9.17, 15) is 5.11 Å². The van der Waals surface area contributed by atoms with Crippen LogP contribution in [0.5, 0.6) is 0 Å². The number of hydrogen-bond donors (Lipinski definition) is 1. The summed E-state index contributed by atoms with van der Waals surface area (Å²) in [5, 5.41) is 9.83. The Morgan fingerprint density at radius 2 is 1.94 bits per heavy atom. The van der Waals surface area contributed by atoms with Crippen LogP contribution in [0.15, 0.2) is 29.3 Å². The minimum atomic E-state index is -0.801. The molecule has 0 radical (unpaired) electrons. The molecule has 3 heteroatoms. The molecule has 0 saturated heterocycles. The normalized spacial score (nSPS) is 20.5. The average Bonchev–Trinajstić information content (AvgIpc) is 2.64. The number of aliphatic imine (C=N–C) groups is 1. The molecule has 3 nitrogen and oxygen atoms in total. The first-order chi connectivity index (χ1) is 7.47. The predicted molar refractivity (Wildman–Crippen MR) is 63.6 cm³/mol. The van der Waals surface area contributed by atoms with Gasteiger partial charge in [-0.1, -0.05) is 12.1 Å². The van der Waals surface area contributed by atoms with Crippen LogP contribution < -0.4 is 0 Å². The Hall–Kier alpha value is -1.35. The summed E-state index contributed by atoms with van der Waals surface area (Å²) in [5.41, 5.74) is 1.06. The quantitative estimate of drug-likeness (QED) is 0.827. The van der Waals surface area contributed by atoms with Gasteiger partial charge < -0.3 is 9.84 Å². The van der Waals surface area contributed by atoms with Gasteiger partial charge in [0.25, 0.3) is 0 Å². The maximum atomic E-state index is 9.83. The Morgan fingerprint density at radius 3 is 2.38 bits per heavy atom. The zero-order valence-electron chi connectivity index (χ0n) is 9.90. The third-order valence-electron chi connectivity index (χ3n) is 2.64. The molecule has 2 rings (SSSR count). The average molecular weight is 219 g/mol. The van der Waals surface area contributed by atoms with Crippen molar-refractivity contribution in [2.75, 3.05) is 6.61 Å². The standard InChI is InChI=1S/C13H17NO2/c1-9-8-16-12(14-9)10-4-6-11(7-5-10)13(2,3)15/h4-7,9,15H,8H2,1-3H3. The van der Waals surface area contributed by atoms with Crippen LogP contribution in [0, 0.1) is 0 Å². The summed E-state index contributed by atoms with van der Waals surface area (Å²) in [6, 6.07) is 7.92. The Labute approximate surface area is 95.8 Å². The largest absolute Gasteiger partial charge is 0.475 e. The molecular formula is C13H17NO2. The van der Waals surface area contributed by atoms with Crippen LogP contribution in [-0.2, 0) is 10.3 Å². The van der Waals surface area contributed by atoms with Gasteiger partial charge in [-0.25, -0.2) is 4.99 Å². The Bertz CT molecular complexity index is 401. The summed E-state index contributed by atoms with van der Waals surface area (Å²) in [5.74, 6) is 0.704. The van der Waals surface area contributed by atoms with Gasteiger partial charge in [-0.2, -0.15) is 0 Å². The molecule has 0 amide bonds. The van der Waals surface area contributed by atoms with Crippen LogP contribution >= 0.6 is 0 Å². The lowest BCUT2D eigenvalue weighted by Crippen LogP contribution is -2.15. The Kier molecular flexibility index (Phi) is 2.72. The first kappa shape index (κ1) is 11.1. The molecule has 0 aliphatic carbocycles. The van der Waals surface area contributed by atoms with Gasteiger partial charge in [-0.05, 0) is 38.5 Å². The summed E-state index contributed by atoms with van der Waals surface area (Å²) >= 11 is 0. The van der Waals surface area contributed by atoms with Gasteiger partial charge in [0.1, 0.15) is 6.61 Å². The molecule has 1 atom stereocenters. The molecule has 86 valence electrons. The molecular weight excluding hydrogens is 202 g/mol. The van der Waals surface area contributed by atoms with Crippen molar-refractivity contribution in [3.63, 3.8) is 0 Å². The molecule has 1 aliphatic rings. The summed E-state index contributed by atoms with van der Waals surface area (Å²) in [4.78, 5) is 4.38. The predicted octanol–water partition coefficient (Wildman–Crippen LogP) is 2.08. The second-order valence-electron chi connectivity index (χ2n) is 4.73. The molecule has 1 aliphatic heterocycles. The van der Waals surface area contributed by atoms with Gasteiger partial charge in [-0.15, -0.1) is 0 Å². The number of benzene rings is 1. The number of rotatable bonds is 2. The van der Waals surface area contributed by atoms with E-state index in [1.807, 2.05) is 31.2 Å². The fourth-order valence-electron chi connectivity index (χ4n) is 1.65. The van der Waals surface area contributed by atoms with Gasteiger partial charge in [0.15, 0.2) is 0 Å². The van der Waals surface area contributed by atoms with Crippen molar-refractivity contribution < 1.29 is 9.84 Å². The summed E-state index contributed by atoms with van der Waals surface area (Å²) in [7, 11) is 0. The van der Waals surface area contributed by atoms with E-state index in [-0.39, 0.29) is 6.04 Å². The van der Waals surface area contributed by atoms with E-state index in [2.05, 4.69) is 4.99 Å². The zero-order valence-corrected chi connectivity index (χ0v) is 9.90. The lowest BCUT2D eigenvalue weighted by molar-refractivity contribution is 0.0786. The minimum Gasteiger partial charge on any atom is -0.475 e. The van der Waals surface area contributed by atoms with E-state index < -0.39 is 5.60 Å². The molecule has 1 aromatic rings. The highest BCUT2D eigenvalue weighted by Gasteiger charge is 2.18. The van der Waals surface area contributed by atoms with Gasteiger partial charge in [0.2, 0.25) is 5.90 Å². The fraction of sp³-hybridized carbons (Fsp3) is 0.462. The minimum absolute atomic E-state index is 0.240. The molecule has 0 aromatic heterocycles. The molecule has 1 N–H and O–H groups in total. The highest BCUT2D eigenvalue weighted by Crippen LogP contribution is 2.21. The second kappa shape index (κ2) is 3.91. The Morgan fingerprint density at radius 1 is 1.31 bits per heavy atom. The molecule has 0 saturated carbocycles. The second-order valence-corrected chi connectivity index (χ2v) is 4.73. The molecule has 16 heavy (non-hydrogen) atoms. The van der Waals surface area contributed by atoms with Crippen LogP contribution in [0.1, 0.15) is 31.9 Å². The van der Waals surface area contributed by atoms with Crippen molar-refractivity contribution in [2.45, 2.75) is 32.4 Å². The van der Waals surface area contributed by atoms with Gasteiger partial charge >= 0.3 is 0 Å². The van der Waals surface area contributed by atoms with Crippen LogP contribution in [0.4, 0.5) is 0 Å². The number of hydrogen-bond acceptors (Lipinski definition) is 3. The SMILES string of the molecule is CC1COC(c2ccc(C(C)(C)O)cc2)=N1. The molecule has 1 aromatic carbocycles. The molecule has 0 bridgehead atoms. The van der Waals surface area contributed by atoms with Gasteiger partial charge in [0, 0.05) is 5.56 Å². The van der Waals surface area contributed by atoms with Gasteiger partial charge in [-0.3, -0.25) is 0 Å². The highest BCUT2D eigenvalue weighted by molar-refractivity contribution is 5.95. The third kappa shape index (κ3) is 2.25. The molecule has 0 fully saturated rings. The van der Waals surface area contributed by atoms with Crippen LogP contribution in [-0.4, -0.2) is 23.7 Å². The van der Waals surface area contributed by atoms with E-state index >= 15 is 0 Å². The van der Waals surface area contributed by atoms with Crippen molar-refractivity contribution in [2.24, 2.45) is 4.99 Å². The van der Waals surface area contributed by atoms with Crippen LogP contribution in [0.25, 0.3) is 0 Å². The number of aliphatic hydroxyl groups is 1. The van der Waals surface area contributed by atoms with E-state index in [1.165, 1.54) is 0 Å². The van der Waals surface area contributed by atoms with Crippen molar-refractivity contribution in [1.29, 1.82) is 0 Å². The van der Waals surface area contributed by atoms with Crippen molar-refractivity contribution in [3.8, 4) is 0 Å². The van der Waals surface area contributed by atoms with Crippen LogP contribution in [0.3, 0.4) is 0 Å². The van der Waals surface area contributed by atoms with Crippen molar-refractivity contribution in [3.05, 3.63) is 35.4 Å². The summed E-state index contributed by atoms with van der Waals surface area (Å²) < 4.78 is 5.46. The zero-order chi connectivity index (χ0) is 11.8. The third-order valence-corrected chi connectivity index (χ3v) is 2.64. The van der Waals surface area contributed by atoms with E-state index in [0.29, 0.717) is 12.5 Å². The monoisotopic (exact) mass is 219 g/mol. The fourth-order valence-corrected chi connectivity index (χ4v) is 1.65. The van der Waals surface area contributed by atoms with E-state index in [4.69, 9.17) is 4.74 Å². The summed E-state index contributed by atoms with van der Waals surface area (Å²) in [6.45, 7) is 6.22. The Balaban J connectivity index is 2.23. The summed E-state index contributed by atoms with van der Waals surface area (Å²) in [6.07, 6.45) is 0.